The SMILES string of the molecule is CC[C@@H](C)c1ccccc1NC(=O)[C@H](C)OC(=O)c1c(F)cccc1Cl. The van der Waals surface area contributed by atoms with Gasteiger partial charge in [0.1, 0.15) is 11.4 Å². The van der Waals surface area contributed by atoms with Crippen LogP contribution in [-0.2, 0) is 9.53 Å². The summed E-state index contributed by atoms with van der Waals surface area (Å²) in [5.74, 6) is -2.01. The number of hydrogen-bond donors (Lipinski definition) is 1. The van der Waals surface area contributed by atoms with Crippen LogP contribution in [0.4, 0.5) is 10.1 Å². The van der Waals surface area contributed by atoms with Gasteiger partial charge in [-0.1, -0.05) is 49.7 Å². The van der Waals surface area contributed by atoms with E-state index in [1.54, 1.807) is 6.07 Å². The Balaban J connectivity index is 2.10. The number of para-hydroxylation sites is 1. The number of hydrogen-bond acceptors (Lipinski definition) is 3. The van der Waals surface area contributed by atoms with E-state index in [0.29, 0.717) is 5.69 Å². The highest BCUT2D eigenvalue weighted by Crippen LogP contribution is 2.27. The second kappa shape index (κ2) is 8.81. The van der Waals surface area contributed by atoms with Crippen LogP contribution in [0.2, 0.25) is 5.02 Å². The van der Waals surface area contributed by atoms with Gasteiger partial charge in [0.15, 0.2) is 6.10 Å². The first kappa shape index (κ1) is 19.9. The largest absolute Gasteiger partial charge is 0.449 e. The molecule has 2 atom stereocenters. The number of anilines is 1. The Morgan fingerprint density at radius 2 is 1.85 bits per heavy atom. The molecule has 26 heavy (non-hydrogen) atoms. The zero-order valence-corrected chi connectivity index (χ0v) is 15.6. The van der Waals surface area contributed by atoms with Crippen LogP contribution >= 0.6 is 11.6 Å². The lowest BCUT2D eigenvalue weighted by atomic mass is 9.97. The van der Waals surface area contributed by atoms with Crippen molar-refractivity contribution in [1.82, 2.24) is 0 Å². The first-order chi connectivity index (χ1) is 12.3. The van der Waals surface area contributed by atoms with Crippen LogP contribution in [0.5, 0.6) is 0 Å². The highest BCUT2D eigenvalue weighted by Gasteiger charge is 2.24. The van der Waals surface area contributed by atoms with Crippen LogP contribution in [0.25, 0.3) is 0 Å². The molecule has 6 heteroatoms. The predicted molar refractivity (Wildman–Crippen MR) is 100 cm³/mol. The summed E-state index contributed by atoms with van der Waals surface area (Å²) < 4.78 is 18.9. The zero-order valence-electron chi connectivity index (χ0n) is 14.9. The average molecular weight is 378 g/mol. The molecule has 0 spiro atoms. The molecule has 0 saturated heterocycles. The number of carbonyl (C=O) groups is 2. The third-order valence-corrected chi connectivity index (χ3v) is 4.50. The van der Waals surface area contributed by atoms with Crippen LogP contribution in [0.15, 0.2) is 42.5 Å². The molecule has 0 saturated carbocycles. The third-order valence-electron chi connectivity index (χ3n) is 4.18. The zero-order chi connectivity index (χ0) is 19.3. The normalized spacial score (nSPS) is 13.0. The van der Waals surface area contributed by atoms with Gasteiger partial charge in [0, 0.05) is 5.69 Å². The van der Waals surface area contributed by atoms with Gasteiger partial charge in [0.2, 0.25) is 0 Å². The molecule has 0 heterocycles. The minimum absolute atomic E-state index is 0.0651. The highest BCUT2D eigenvalue weighted by molar-refractivity contribution is 6.33. The summed E-state index contributed by atoms with van der Waals surface area (Å²) in [6.07, 6.45) is -0.188. The second-order valence-electron chi connectivity index (χ2n) is 6.03. The number of ether oxygens (including phenoxy) is 1. The standard InChI is InChI=1S/C20H21ClFNO3/c1-4-12(2)14-8-5-6-11-17(14)23-19(24)13(3)26-20(25)18-15(21)9-7-10-16(18)22/h5-13H,4H2,1-3H3,(H,23,24)/t12-,13+/m1/s1. The topological polar surface area (TPSA) is 55.4 Å². The lowest BCUT2D eigenvalue weighted by Crippen LogP contribution is -2.30. The summed E-state index contributed by atoms with van der Waals surface area (Å²) in [6.45, 7) is 5.55. The van der Waals surface area contributed by atoms with Crippen molar-refractivity contribution in [1.29, 1.82) is 0 Å². The molecule has 2 aromatic carbocycles. The van der Waals surface area contributed by atoms with Crippen LogP contribution < -0.4 is 5.32 Å². The summed E-state index contributed by atoms with van der Waals surface area (Å²) in [7, 11) is 0. The van der Waals surface area contributed by atoms with Crippen LogP contribution in [0, 0.1) is 5.82 Å². The predicted octanol–water partition coefficient (Wildman–Crippen LogP) is 5.18. The van der Waals surface area contributed by atoms with Crippen LogP contribution in [-0.4, -0.2) is 18.0 Å². The van der Waals surface area contributed by atoms with E-state index in [9.17, 15) is 14.0 Å². The Morgan fingerprint density at radius 3 is 2.50 bits per heavy atom. The Bertz CT molecular complexity index is 789. The molecule has 2 rings (SSSR count). The number of carbonyl (C=O) groups excluding carboxylic acids is 2. The minimum Gasteiger partial charge on any atom is -0.449 e. The Morgan fingerprint density at radius 1 is 1.15 bits per heavy atom. The fourth-order valence-corrected chi connectivity index (χ4v) is 2.70. The maximum Gasteiger partial charge on any atom is 0.343 e. The number of nitrogens with one attached hydrogen (secondary N) is 1. The average Bonchev–Trinajstić information content (AvgIpc) is 2.61. The van der Waals surface area contributed by atoms with Gasteiger partial charge in [-0.05, 0) is 43.0 Å². The number of esters is 1. The van der Waals surface area contributed by atoms with Crippen molar-refractivity contribution in [3.05, 3.63) is 64.4 Å². The second-order valence-corrected chi connectivity index (χ2v) is 6.44. The first-order valence-electron chi connectivity index (χ1n) is 8.39. The molecule has 1 amide bonds. The summed E-state index contributed by atoms with van der Waals surface area (Å²) in [5.41, 5.74) is 1.28. The van der Waals surface area contributed by atoms with Gasteiger partial charge in [0.05, 0.1) is 5.02 Å². The van der Waals surface area contributed by atoms with Crippen molar-refractivity contribution in [2.45, 2.75) is 39.2 Å². The van der Waals surface area contributed by atoms with Crippen molar-refractivity contribution in [2.24, 2.45) is 0 Å². The molecule has 0 fully saturated rings. The molecule has 4 nitrogen and oxygen atoms in total. The molecule has 0 bridgehead atoms. The Kier molecular flexibility index (Phi) is 6.75. The summed E-state index contributed by atoms with van der Waals surface area (Å²) >= 11 is 5.85. The molecule has 0 aliphatic rings. The minimum atomic E-state index is -1.11. The smallest absolute Gasteiger partial charge is 0.343 e. The van der Waals surface area contributed by atoms with E-state index >= 15 is 0 Å². The number of amides is 1. The summed E-state index contributed by atoms with van der Waals surface area (Å²) in [4.78, 5) is 24.5. The van der Waals surface area contributed by atoms with Gasteiger partial charge in [0.25, 0.3) is 5.91 Å². The van der Waals surface area contributed by atoms with E-state index in [2.05, 4.69) is 19.2 Å². The highest BCUT2D eigenvalue weighted by atomic mass is 35.5. The fraction of sp³-hybridized carbons (Fsp3) is 0.300. The number of benzene rings is 2. The van der Waals surface area contributed by atoms with Gasteiger partial charge >= 0.3 is 5.97 Å². The fourth-order valence-electron chi connectivity index (χ4n) is 2.46. The van der Waals surface area contributed by atoms with Crippen molar-refractivity contribution >= 4 is 29.2 Å². The molecule has 0 aliphatic heterocycles. The monoisotopic (exact) mass is 377 g/mol. The molecule has 2 aromatic rings. The summed E-state index contributed by atoms with van der Waals surface area (Å²) in [5, 5.41) is 2.70. The Labute approximate surface area is 157 Å². The molecular weight excluding hydrogens is 357 g/mol. The summed E-state index contributed by atoms with van der Waals surface area (Å²) in [6, 6.07) is 11.3. The van der Waals surface area contributed by atoms with Gasteiger partial charge < -0.3 is 10.1 Å². The Hall–Kier alpha value is -2.40. The lowest BCUT2D eigenvalue weighted by Gasteiger charge is -2.18. The van der Waals surface area contributed by atoms with Crippen molar-refractivity contribution in [3.63, 3.8) is 0 Å². The van der Waals surface area contributed by atoms with Gasteiger partial charge in [-0.3, -0.25) is 4.79 Å². The van der Waals surface area contributed by atoms with Gasteiger partial charge in [-0.2, -0.15) is 0 Å². The first-order valence-corrected chi connectivity index (χ1v) is 8.77. The number of halogens is 2. The molecule has 138 valence electrons. The molecule has 0 radical (unpaired) electrons. The molecule has 1 N–H and O–H groups in total. The van der Waals surface area contributed by atoms with E-state index in [1.165, 1.54) is 19.1 Å². The van der Waals surface area contributed by atoms with Crippen molar-refractivity contribution < 1.29 is 18.7 Å². The quantitative estimate of drug-likeness (QED) is 0.706. The van der Waals surface area contributed by atoms with Gasteiger partial charge in [-0.25, -0.2) is 9.18 Å². The maximum absolute atomic E-state index is 13.8. The van der Waals surface area contributed by atoms with E-state index in [4.69, 9.17) is 16.3 Å². The molecule has 0 aliphatic carbocycles. The number of rotatable bonds is 6. The van der Waals surface area contributed by atoms with E-state index in [1.807, 2.05) is 18.2 Å². The van der Waals surface area contributed by atoms with E-state index in [-0.39, 0.29) is 16.5 Å². The van der Waals surface area contributed by atoms with Crippen molar-refractivity contribution in [2.75, 3.05) is 5.32 Å². The van der Waals surface area contributed by atoms with Crippen molar-refractivity contribution in [3.8, 4) is 0 Å². The van der Waals surface area contributed by atoms with Crippen LogP contribution in [0.1, 0.15) is 49.0 Å². The van der Waals surface area contributed by atoms with E-state index < -0.39 is 23.8 Å². The van der Waals surface area contributed by atoms with Gasteiger partial charge in [-0.15, -0.1) is 0 Å². The lowest BCUT2D eigenvalue weighted by molar-refractivity contribution is -0.123. The third kappa shape index (κ3) is 4.61. The molecular formula is C20H21ClFNO3. The molecule has 0 aromatic heterocycles. The van der Waals surface area contributed by atoms with E-state index in [0.717, 1.165) is 18.1 Å². The molecule has 0 unspecified atom stereocenters. The van der Waals surface area contributed by atoms with Crippen LogP contribution in [0.3, 0.4) is 0 Å². The maximum atomic E-state index is 13.8.